The zero-order valence-electron chi connectivity index (χ0n) is 19.3. The van der Waals surface area contributed by atoms with Crippen molar-refractivity contribution in [2.45, 2.75) is 0 Å². The Morgan fingerprint density at radius 1 is 0.447 bits per heavy atom. The first-order valence-electron chi connectivity index (χ1n) is 11.3. The summed E-state index contributed by atoms with van der Waals surface area (Å²) in [7, 11) is 0. The molecular formula is C30H14O8. The number of benzene rings is 4. The standard InChI is InChI=1S/C30H14O8/c31-27-23-11-9-21(15-25(23)29(33)37-27)35-19-5-1-3-17(13-19)7-8-18-4-2-6-20(14-18)36-22-10-12-24-26(16-22)30(34)38-28(24)32/h1-6,9-16H. The van der Waals surface area contributed by atoms with Crippen LogP contribution in [0.15, 0.2) is 84.9 Å². The molecule has 8 heteroatoms. The Morgan fingerprint density at radius 2 is 0.842 bits per heavy atom. The van der Waals surface area contributed by atoms with Gasteiger partial charge >= 0.3 is 23.9 Å². The normalized spacial score (nSPS) is 13.2. The minimum atomic E-state index is -0.699. The van der Waals surface area contributed by atoms with Gasteiger partial charge in [0, 0.05) is 11.1 Å². The number of rotatable bonds is 4. The van der Waals surface area contributed by atoms with Crippen molar-refractivity contribution in [3.05, 3.63) is 118 Å². The Balaban J connectivity index is 1.18. The second-order valence-electron chi connectivity index (χ2n) is 8.28. The molecule has 2 aliphatic heterocycles. The molecule has 0 unspecified atom stereocenters. The Morgan fingerprint density at radius 3 is 1.29 bits per heavy atom. The monoisotopic (exact) mass is 502 g/mol. The summed E-state index contributed by atoms with van der Waals surface area (Å²) in [5.41, 5.74) is 2.12. The lowest BCUT2D eigenvalue weighted by atomic mass is 10.1. The van der Waals surface area contributed by atoms with E-state index in [1.54, 1.807) is 48.5 Å². The summed E-state index contributed by atoms with van der Waals surface area (Å²) < 4.78 is 20.9. The molecule has 2 heterocycles. The number of hydrogen-bond donors (Lipinski definition) is 0. The maximum atomic E-state index is 11.8. The van der Waals surface area contributed by atoms with Crippen molar-refractivity contribution in [2.24, 2.45) is 0 Å². The zero-order chi connectivity index (χ0) is 26.2. The fourth-order valence-electron chi connectivity index (χ4n) is 3.95. The van der Waals surface area contributed by atoms with Crippen LogP contribution < -0.4 is 9.47 Å². The molecule has 0 radical (unpaired) electrons. The molecule has 0 saturated heterocycles. The predicted octanol–water partition coefficient (Wildman–Crippen LogP) is 5.29. The summed E-state index contributed by atoms with van der Waals surface area (Å²) in [6.45, 7) is 0. The quantitative estimate of drug-likeness (QED) is 0.211. The highest BCUT2D eigenvalue weighted by atomic mass is 16.6. The maximum Gasteiger partial charge on any atom is 0.347 e. The topological polar surface area (TPSA) is 105 Å². The Labute approximate surface area is 215 Å². The van der Waals surface area contributed by atoms with E-state index in [4.69, 9.17) is 9.47 Å². The predicted molar refractivity (Wildman–Crippen MR) is 131 cm³/mol. The molecule has 0 amide bonds. The smallest absolute Gasteiger partial charge is 0.347 e. The van der Waals surface area contributed by atoms with Crippen LogP contribution in [0.3, 0.4) is 0 Å². The third-order valence-corrected chi connectivity index (χ3v) is 5.72. The fourth-order valence-corrected chi connectivity index (χ4v) is 3.95. The summed E-state index contributed by atoms with van der Waals surface area (Å²) in [5.74, 6) is 5.18. The molecule has 4 aromatic carbocycles. The number of carbonyl (C=O) groups is 4. The van der Waals surface area contributed by atoms with E-state index in [9.17, 15) is 19.2 Å². The minimum Gasteiger partial charge on any atom is -0.457 e. The molecular weight excluding hydrogens is 488 g/mol. The van der Waals surface area contributed by atoms with Crippen molar-refractivity contribution in [3.8, 4) is 34.8 Å². The Hall–Kier alpha value is -5.68. The number of carbonyl (C=O) groups excluding carboxylic acids is 4. The first kappa shape index (κ1) is 22.8. The van der Waals surface area contributed by atoms with Gasteiger partial charge in [-0.05, 0) is 72.8 Å². The van der Waals surface area contributed by atoms with Crippen molar-refractivity contribution >= 4 is 23.9 Å². The van der Waals surface area contributed by atoms with Crippen LogP contribution in [0.25, 0.3) is 0 Å². The van der Waals surface area contributed by atoms with Gasteiger partial charge in [-0.2, -0.15) is 0 Å². The number of fused-ring (bicyclic) bond motifs is 2. The van der Waals surface area contributed by atoms with Crippen LogP contribution in [-0.4, -0.2) is 23.9 Å². The van der Waals surface area contributed by atoms with Gasteiger partial charge in [0.1, 0.15) is 23.0 Å². The van der Waals surface area contributed by atoms with Crippen molar-refractivity contribution in [1.29, 1.82) is 0 Å². The molecule has 0 aromatic heterocycles. The molecule has 0 atom stereocenters. The Kier molecular flexibility index (Phi) is 5.44. The van der Waals surface area contributed by atoms with Crippen molar-refractivity contribution in [1.82, 2.24) is 0 Å². The largest absolute Gasteiger partial charge is 0.457 e. The van der Waals surface area contributed by atoms with E-state index in [-0.39, 0.29) is 22.3 Å². The van der Waals surface area contributed by atoms with Gasteiger partial charge in [-0.25, -0.2) is 19.2 Å². The van der Waals surface area contributed by atoms with Crippen molar-refractivity contribution in [3.63, 3.8) is 0 Å². The first-order valence-corrected chi connectivity index (χ1v) is 11.3. The van der Waals surface area contributed by atoms with Gasteiger partial charge in [-0.15, -0.1) is 0 Å². The third-order valence-electron chi connectivity index (χ3n) is 5.72. The highest BCUT2D eigenvalue weighted by Crippen LogP contribution is 2.30. The second kappa shape index (κ2) is 9.08. The molecule has 8 nitrogen and oxygen atoms in total. The SMILES string of the molecule is O=C1OC(=O)c2cc(Oc3cccc(C#Cc4cccc(Oc5ccc6c(c5)C(=O)OC6=O)c4)c3)ccc21. The van der Waals surface area contributed by atoms with Gasteiger partial charge in [0.25, 0.3) is 0 Å². The van der Waals surface area contributed by atoms with Crippen LogP contribution in [-0.2, 0) is 9.47 Å². The van der Waals surface area contributed by atoms with Gasteiger partial charge in [0.2, 0.25) is 0 Å². The van der Waals surface area contributed by atoms with E-state index in [1.807, 2.05) is 12.1 Å². The van der Waals surface area contributed by atoms with E-state index in [2.05, 4.69) is 21.3 Å². The highest BCUT2D eigenvalue weighted by molar-refractivity contribution is 6.15. The second-order valence-corrected chi connectivity index (χ2v) is 8.28. The summed E-state index contributed by atoms with van der Waals surface area (Å²) >= 11 is 0. The van der Waals surface area contributed by atoms with E-state index in [1.165, 1.54) is 24.3 Å². The summed E-state index contributed by atoms with van der Waals surface area (Å²) in [6, 6.07) is 23.3. The fraction of sp³-hybridized carbons (Fsp3) is 0. The van der Waals surface area contributed by atoms with Crippen molar-refractivity contribution in [2.75, 3.05) is 0 Å². The summed E-state index contributed by atoms with van der Waals surface area (Å²) in [5, 5.41) is 0. The third kappa shape index (κ3) is 4.36. The van der Waals surface area contributed by atoms with Gasteiger partial charge in [-0.3, -0.25) is 0 Å². The molecule has 0 saturated carbocycles. The molecule has 0 N–H and O–H groups in total. The lowest BCUT2D eigenvalue weighted by molar-refractivity contribution is 0.0425. The van der Waals surface area contributed by atoms with Crippen LogP contribution in [0.1, 0.15) is 52.6 Å². The van der Waals surface area contributed by atoms with Gasteiger partial charge < -0.3 is 18.9 Å². The molecule has 2 aliphatic rings. The minimum absolute atomic E-state index is 0.166. The van der Waals surface area contributed by atoms with Crippen LogP contribution in [0, 0.1) is 11.8 Å². The van der Waals surface area contributed by atoms with E-state index < -0.39 is 23.9 Å². The molecule has 0 fully saturated rings. The molecule has 0 spiro atoms. The average molecular weight is 502 g/mol. The van der Waals surface area contributed by atoms with Crippen LogP contribution in [0.5, 0.6) is 23.0 Å². The lowest BCUT2D eigenvalue weighted by Gasteiger charge is -2.07. The number of ether oxygens (including phenoxy) is 4. The molecule has 182 valence electrons. The van der Waals surface area contributed by atoms with Crippen molar-refractivity contribution < 1.29 is 38.1 Å². The van der Waals surface area contributed by atoms with Crippen LogP contribution in [0.4, 0.5) is 0 Å². The van der Waals surface area contributed by atoms with Gasteiger partial charge in [0.05, 0.1) is 22.3 Å². The molecule has 38 heavy (non-hydrogen) atoms. The van der Waals surface area contributed by atoms with E-state index in [0.29, 0.717) is 34.1 Å². The Bertz CT molecular complexity index is 1630. The summed E-state index contributed by atoms with van der Waals surface area (Å²) in [6.07, 6.45) is 0. The van der Waals surface area contributed by atoms with Gasteiger partial charge in [-0.1, -0.05) is 24.0 Å². The van der Waals surface area contributed by atoms with E-state index in [0.717, 1.165) is 0 Å². The molecule has 6 rings (SSSR count). The zero-order valence-corrected chi connectivity index (χ0v) is 19.3. The molecule has 0 bridgehead atoms. The lowest BCUT2D eigenvalue weighted by Crippen LogP contribution is -1.96. The maximum absolute atomic E-state index is 11.8. The number of hydrogen-bond acceptors (Lipinski definition) is 8. The van der Waals surface area contributed by atoms with Gasteiger partial charge in [0.15, 0.2) is 0 Å². The highest BCUT2D eigenvalue weighted by Gasteiger charge is 2.30. The van der Waals surface area contributed by atoms with E-state index >= 15 is 0 Å². The summed E-state index contributed by atoms with van der Waals surface area (Å²) in [4.78, 5) is 46.8. The first-order chi connectivity index (χ1) is 18.4. The molecule has 0 aliphatic carbocycles. The number of cyclic esters (lactones) is 4. The number of esters is 4. The van der Waals surface area contributed by atoms with Crippen LogP contribution in [0.2, 0.25) is 0 Å². The molecule has 4 aromatic rings. The average Bonchev–Trinajstić information content (AvgIpc) is 3.36. The van der Waals surface area contributed by atoms with Crippen LogP contribution >= 0.6 is 0 Å².